The quantitative estimate of drug-likeness (QED) is 0.864. The van der Waals surface area contributed by atoms with E-state index >= 15 is 0 Å². The molecule has 0 aliphatic heterocycles. The molecule has 0 aliphatic rings. The zero-order valence-electron chi connectivity index (χ0n) is 11.2. The van der Waals surface area contributed by atoms with Crippen LogP contribution in [0.5, 0.6) is 0 Å². The lowest BCUT2D eigenvalue weighted by Gasteiger charge is -2.16. The third-order valence-electron chi connectivity index (χ3n) is 3.25. The summed E-state index contributed by atoms with van der Waals surface area (Å²) >= 11 is 0. The Hall–Kier alpha value is -1.81. The van der Waals surface area contributed by atoms with Crippen LogP contribution in [-0.2, 0) is 6.18 Å². The van der Waals surface area contributed by atoms with E-state index < -0.39 is 17.8 Å². The van der Waals surface area contributed by atoms with Crippen molar-refractivity contribution in [3.05, 3.63) is 70.3 Å². The summed E-state index contributed by atoms with van der Waals surface area (Å²) in [6, 6.07) is 10.3. The van der Waals surface area contributed by atoms with Gasteiger partial charge in [0.05, 0.1) is 5.56 Å². The van der Waals surface area contributed by atoms with Crippen LogP contribution in [0.1, 0.15) is 33.9 Å². The van der Waals surface area contributed by atoms with Gasteiger partial charge in [-0.25, -0.2) is 0 Å². The van der Waals surface area contributed by atoms with E-state index in [0.717, 1.165) is 23.3 Å². The van der Waals surface area contributed by atoms with Crippen molar-refractivity contribution < 1.29 is 18.3 Å². The monoisotopic (exact) mass is 280 g/mol. The zero-order chi connectivity index (χ0) is 14.9. The van der Waals surface area contributed by atoms with Crippen LogP contribution in [-0.4, -0.2) is 5.11 Å². The Labute approximate surface area is 115 Å². The molecule has 20 heavy (non-hydrogen) atoms. The van der Waals surface area contributed by atoms with Crippen LogP contribution in [0.3, 0.4) is 0 Å². The summed E-state index contributed by atoms with van der Waals surface area (Å²) in [5, 5.41) is 10.3. The van der Waals surface area contributed by atoms with E-state index in [4.69, 9.17) is 0 Å². The molecule has 0 amide bonds. The Kier molecular flexibility index (Phi) is 3.86. The highest BCUT2D eigenvalue weighted by Crippen LogP contribution is 2.32. The van der Waals surface area contributed by atoms with Crippen LogP contribution in [0.25, 0.3) is 0 Å². The smallest absolute Gasteiger partial charge is 0.384 e. The molecule has 2 aromatic carbocycles. The molecule has 0 saturated heterocycles. The first-order chi connectivity index (χ1) is 9.29. The maximum atomic E-state index is 12.7. The Bertz CT molecular complexity index is 617. The molecule has 1 N–H and O–H groups in total. The van der Waals surface area contributed by atoms with Crippen molar-refractivity contribution in [3.63, 3.8) is 0 Å². The number of hydrogen-bond donors (Lipinski definition) is 1. The molecule has 106 valence electrons. The van der Waals surface area contributed by atoms with E-state index in [1.807, 2.05) is 26.0 Å². The van der Waals surface area contributed by atoms with Crippen LogP contribution in [0, 0.1) is 13.8 Å². The molecular formula is C16H15F3O. The molecule has 2 aromatic rings. The molecule has 1 atom stereocenters. The molecule has 0 aromatic heterocycles. The SMILES string of the molecule is Cc1ccc(C(O)c2cccc(C(F)(F)F)c2)c(C)c1. The van der Waals surface area contributed by atoms with E-state index in [1.165, 1.54) is 12.1 Å². The molecule has 0 fully saturated rings. The molecule has 0 bridgehead atoms. The second kappa shape index (κ2) is 5.29. The predicted octanol–water partition coefficient (Wildman–Crippen LogP) is 4.40. The highest BCUT2D eigenvalue weighted by molar-refractivity contribution is 5.39. The van der Waals surface area contributed by atoms with Crippen LogP contribution in [0.15, 0.2) is 42.5 Å². The topological polar surface area (TPSA) is 20.2 Å². The standard InChI is InChI=1S/C16H15F3O/c1-10-6-7-14(11(2)8-10)15(20)12-4-3-5-13(9-12)16(17,18)19/h3-9,15,20H,1-2H3. The fourth-order valence-electron chi connectivity index (χ4n) is 2.20. The summed E-state index contributed by atoms with van der Waals surface area (Å²) in [7, 11) is 0. The van der Waals surface area contributed by atoms with Crippen molar-refractivity contribution in [2.75, 3.05) is 0 Å². The Morgan fingerprint density at radius 2 is 1.70 bits per heavy atom. The Balaban J connectivity index is 2.41. The van der Waals surface area contributed by atoms with Gasteiger partial charge in [-0.3, -0.25) is 0 Å². The van der Waals surface area contributed by atoms with Crippen molar-refractivity contribution in [1.82, 2.24) is 0 Å². The van der Waals surface area contributed by atoms with E-state index in [2.05, 4.69) is 0 Å². The van der Waals surface area contributed by atoms with Crippen LogP contribution >= 0.6 is 0 Å². The van der Waals surface area contributed by atoms with Gasteiger partial charge in [0.2, 0.25) is 0 Å². The molecule has 0 spiro atoms. The van der Waals surface area contributed by atoms with E-state index in [0.29, 0.717) is 5.56 Å². The fourth-order valence-corrected chi connectivity index (χ4v) is 2.20. The number of hydrogen-bond acceptors (Lipinski definition) is 1. The van der Waals surface area contributed by atoms with Gasteiger partial charge >= 0.3 is 6.18 Å². The van der Waals surface area contributed by atoms with E-state index in [1.54, 1.807) is 6.07 Å². The van der Waals surface area contributed by atoms with Crippen LogP contribution < -0.4 is 0 Å². The van der Waals surface area contributed by atoms with Crippen molar-refractivity contribution >= 4 is 0 Å². The third kappa shape index (κ3) is 3.02. The summed E-state index contributed by atoms with van der Waals surface area (Å²) in [6.07, 6.45) is -5.46. The maximum Gasteiger partial charge on any atom is 0.416 e. The predicted molar refractivity (Wildman–Crippen MR) is 71.4 cm³/mol. The highest BCUT2D eigenvalue weighted by Gasteiger charge is 2.31. The van der Waals surface area contributed by atoms with Gasteiger partial charge < -0.3 is 5.11 Å². The normalized spacial score (nSPS) is 13.3. The van der Waals surface area contributed by atoms with Gasteiger partial charge in [0.15, 0.2) is 0 Å². The van der Waals surface area contributed by atoms with Crippen LogP contribution in [0.2, 0.25) is 0 Å². The number of benzene rings is 2. The zero-order valence-corrected chi connectivity index (χ0v) is 11.2. The lowest BCUT2D eigenvalue weighted by Crippen LogP contribution is -2.08. The second-order valence-electron chi connectivity index (χ2n) is 4.89. The molecule has 2 rings (SSSR count). The molecule has 1 unspecified atom stereocenters. The molecule has 0 saturated carbocycles. The summed E-state index contributed by atoms with van der Waals surface area (Å²) < 4.78 is 38.1. The fraction of sp³-hybridized carbons (Fsp3) is 0.250. The second-order valence-corrected chi connectivity index (χ2v) is 4.89. The molecule has 1 nitrogen and oxygen atoms in total. The van der Waals surface area contributed by atoms with E-state index in [-0.39, 0.29) is 5.56 Å². The average molecular weight is 280 g/mol. The van der Waals surface area contributed by atoms with Gasteiger partial charge in [0.25, 0.3) is 0 Å². The minimum atomic E-state index is -4.40. The van der Waals surface area contributed by atoms with Gasteiger partial charge in [-0.15, -0.1) is 0 Å². The van der Waals surface area contributed by atoms with Crippen molar-refractivity contribution in [1.29, 1.82) is 0 Å². The van der Waals surface area contributed by atoms with Gasteiger partial charge in [-0.05, 0) is 42.7 Å². The van der Waals surface area contributed by atoms with Crippen molar-refractivity contribution in [2.45, 2.75) is 26.1 Å². The minimum Gasteiger partial charge on any atom is -0.384 e. The van der Waals surface area contributed by atoms with E-state index in [9.17, 15) is 18.3 Å². The average Bonchev–Trinajstić information content (AvgIpc) is 2.37. The first-order valence-corrected chi connectivity index (χ1v) is 6.21. The molecule has 4 heteroatoms. The molecule has 0 aliphatic carbocycles. The minimum absolute atomic E-state index is 0.242. The summed E-state index contributed by atoms with van der Waals surface area (Å²) in [4.78, 5) is 0. The number of aliphatic hydroxyl groups is 1. The van der Waals surface area contributed by atoms with Crippen molar-refractivity contribution in [3.8, 4) is 0 Å². The largest absolute Gasteiger partial charge is 0.416 e. The lowest BCUT2D eigenvalue weighted by atomic mass is 9.95. The molecule has 0 radical (unpaired) electrons. The summed E-state index contributed by atoms with van der Waals surface area (Å²) in [6.45, 7) is 3.76. The first-order valence-electron chi connectivity index (χ1n) is 6.21. The highest BCUT2D eigenvalue weighted by atomic mass is 19.4. The van der Waals surface area contributed by atoms with Crippen molar-refractivity contribution in [2.24, 2.45) is 0 Å². The molecular weight excluding hydrogens is 265 g/mol. The lowest BCUT2D eigenvalue weighted by molar-refractivity contribution is -0.137. The van der Waals surface area contributed by atoms with Gasteiger partial charge in [0, 0.05) is 0 Å². The van der Waals surface area contributed by atoms with Crippen LogP contribution in [0.4, 0.5) is 13.2 Å². The van der Waals surface area contributed by atoms with Gasteiger partial charge in [0.1, 0.15) is 6.10 Å². The number of aryl methyl sites for hydroxylation is 2. The number of rotatable bonds is 2. The number of halogens is 3. The summed E-state index contributed by atoms with van der Waals surface area (Å²) in [5.41, 5.74) is 2.01. The number of alkyl halides is 3. The van der Waals surface area contributed by atoms with Gasteiger partial charge in [-0.2, -0.15) is 13.2 Å². The van der Waals surface area contributed by atoms with Gasteiger partial charge in [-0.1, -0.05) is 35.9 Å². The summed E-state index contributed by atoms with van der Waals surface area (Å²) in [5.74, 6) is 0. The Morgan fingerprint density at radius 1 is 1.00 bits per heavy atom. The Morgan fingerprint density at radius 3 is 2.30 bits per heavy atom. The third-order valence-corrected chi connectivity index (χ3v) is 3.25. The number of aliphatic hydroxyl groups excluding tert-OH is 1. The first kappa shape index (κ1) is 14.6. The maximum absolute atomic E-state index is 12.7. The molecule has 0 heterocycles.